The summed E-state index contributed by atoms with van der Waals surface area (Å²) in [5, 5.41) is 7.01. The first-order chi connectivity index (χ1) is 7.25. The van der Waals surface area contributed by atoms with Crippen molar-refractivity contribution in [3.05, 3.63) is 28.2 Å². The van der Waals surface area contributed by atoms with Gasteiger partial charge in [-0.25, -0.2) is 0 Å². The van der Waals surface area contributed by atoms with Crippen LogP contribution in [-0.4, -0.2) is 19.1 Å². The molecule has 1 atom stereocenters. The van der Waals surface area contributed by atoms with Gasteiger partial charge in [-0.1, -0.05) is 22.0 Å². The second-order valence-electron chi connectivity index (χ2n) is 4.15. The number of halogens is 1. The van der Waals surface area contributed by atoms with Crippen molar-refractivity contribution in [3.63, 3.8) is 0 Å². The Balaban J connectivity index is 2.05. The highest BCUT2D eigenvalue weighted by Crippen LogP contribution is 2.22. The number of benzene rings is 1. The van der Waals surface area contributed by atoms with Gasteiger partial charge >= 0.3 is 0 Å². The Bertz CT molecular complexity index is 332. The SMILES string of the molecule is Cc1ccc(Br)cc1NC1CCCNC1. The van der Waals surface area contributed by atoms with Crippen LogP contribution in [0.25, 0.3) is 0 Å². The molecule has 1 saturated heterocycles. The van der Waals surface area contributed by atoms with Crippen molar-refractivity contribution in [2.75, 3.05) is 18.4 Å². The molecule has 2 nitrogen and oxygen atoms in total. The highest BCUT2D eigenvalue weighted by molar-refractivity contribution is 9.10. The van der Waals surface area contributed by atoms with Crippen molar-refractivity contribution >= 4 is 21.6 Å². The quantitative estimate of drug-likeness (QED) is 0.862. The molecule has 0 bridgehead atoms. The molecule has 3 heteroatoms. The predicted octanol–water partition coefficient (Wildman–Crippen LogP) is 2.92. The molecular weight excluding hydrogens is 252 g/mol. The Morgan fingerprint density at radius 2 is 2.33 bits per heavy atom. The Morgan fingerprint density at radius 1 is 1.47 bits per heavy atom. The Hall–Kier alpha value is -0.540. The number of hydrogen-bond acceptors (Lipinski definition) is 2. The van der Waals surface area contributed by atoms with E-state index in [2.05, 4.69) is 51.7 Å². The molecule has 2 rings (SSSR count). The van der Waals surface area contributed by atoms with Gasteiger partial charge in [0, 0.05) is 22.7 Å². The summed E-state index contributed by atoms with van der Waals surface area (Å²) in [6.45, 7) is 4.38. The molecule has 1 fully saturated rings. The van der Waals surface area contributed by atoms with Crippen LogP contribution in [0.5, 0.6) is 0 Å². The molecule has 0 aliphatic carbocycles. The molecule has 82 valence electrons. The van der Waals surface area contributed by atoms with Gasteiger partial charge < -0.3 is 10.6 Å². The van der Waals surface area contributed by atoms with Gasteiger partial charge in [0.1, 0.15) is 0 Å². The molecule has 1 aromatic carbocycles. The molecule has 0 spiro atoms. The van der Waals surface area contributed by atoms with Crippen molar-refractivity contribution in [3.8, 4) is 0 Å². The number of anilines is 1. The number of rotatable bonds is 2. The predicted molar refractivity (Wildman–Crippen MR) is 68.4 cm³/mol. The van der Waals surface area contributed by atoms with Gasteiger partial charge in [0.15, 0.2) is 0 Å². The van der Waals surface area contributed by atoms with Crippen molar-refractivity contribution in [1.29, 1.82) is 0 Å². The zero-order chi connectivity index (χ0) is 10.7. The molecule has 2 N–H and O–H groups in total. The second-order valence-corrected chi connectivity index (χ2v) is 5.06. The van der Waals surface area contributed by atoms with E-state index in [0.29, 0.717) is 6.04 Å². The molecule has 0 aromatic heterocycles. The van der Waals surface area contributed by atoms with E-state index in [1.807, 2.05) is 0 Å². The molecular formula is C12H17BrN2. The van der Waals surface area contributed by atoms with Crippen LogP contribution in [-0.2, 0) is 0 Å². The van der Waals surface area contributed by atoms with Gasteiger partial charge in [0.2, 0.25) is 0 Å². The van der Waals surface area contributed by atoms with Gasteiger partial charge in [0.05, 0.1) is 0 Å². The zero-order valence-corrected chi connectivity index (χ0v) is 10.6. The summed E-state index contributed by atoms with van der Waals surface area (Å²) in [7, 11) is 0. The van der Waals surface area contributed by atoms with Crippen LogP contribution >= 0.6 is 15.9 Å². The number of aryl methyl sites for hydroxylation is 1. The normalized spacial score (nSPS) is 21.3. The maximum absolute atomic E-state index is 3.60. The van der Waals surface area contributed by atoms with E-state index in [1.165, 1.54) is 24.1 Å². The lowest BCUT2D eigenvalue weighted by atomic mass is 10.1. The maximum atomic E-state index is 3.60. The van der Waals surface area contributed by atoms with E-state index in [0.717, 1.165) is 17.6 Å². The van der Waals surface area contributed by atoms with Gasteiger partial charge in [-0.05, 0) is 44.0 Å². The van der Waals surface area contributed by atoms with Gasteiger partial charge in [-0.15, -0.1) is 0 Å². The lowest BCUT2D eigenvalue weighted by Gasteiger charge is -2.25. The summed E-state index contributed by atoms with van der Waals surface area (Å²) in [5.41, 5.74) is 2.56. The van der Waals surface area contributed by atoms with E-state index < -0.39 is 0 Å². The molecule has 1 aliphatic rings. The fraction of sp³-hybridized carbons (Fsp3) is 0.500. The van der Waals surface area contributed by atoms with Crippen LogP contribution in [0, 0.1) is 6.92 Å². The van der Waals surface area contributed by atoms with Gasteiger partial charge in [0.25, 0.3) is 0 Å². The zero-order valence-electron chi connectivity index (χ0n) is 9.02. The second kappa shape index (κ2) is 4.99. The standard InChI is InChI=1S/C12H17BrN2/c1-9-4-5-10(13)7-12(9)15-11-3-2-6-14-8-11/h4-5,7,11,14-15H,2-3,6,8H2,1H3. The molecule has 1 aliphatic heterocycles. The molecule has 1 heterocycles. The number of piperidine rings is 1. The van der Waals surface area contributed by atoms with Crippen LogP contribution in [0.3, 0.4) is 0 Å². The third-order valence-electron chi connectivity index (χ3n) is 2.86. The molecule has 1 aromatic rings. The first-order valence-corrected chi connectivity index (χ1v) is 6.28. The number of hydrogen-bond donors (Lipinski definition) is 2. The topological polar surface area (TPSA) is 24.1 Å². The van der Waals surface area contributed by atoms with E-state index in [1.54, 1.807) is 0 Å². The van der Waals surface area contributed by atoms with E-state index >= 15 is 0 Å². The van der Waals surface area contributed by atoms with Crippen LogP contribution in [0.15, 0.2) is 22.7 Å². The summed E-state index contributed by atoms with van der Waals surface area (Å²) in [5.74, 6) is 0. The summed E-state index contributed by atoms with van der Waals surface area (Å²) in [4.78, 5) is 0. The monoisotopic (exact) mass is 268 g/mol. The van der Waals surface area contributed by atoms with Gasteiger partial charge in [-0.3, -0.25) is 0 Å². The summed E-state index contributed by atoms with van der Waals surface area (Å²) in [6, 6.07) is 6.96. The molecule has 0 amide bonds. The lowest BCUT2D eigenvalue weighted by molar-refractivity contribution is 0.480. The highest BCUT2D eigenvalue weighted by Gasteiger charge is 2.13. The van der Waals surface area contributed by atoms with Crippen LogP contribution in [0.2, 0.25) is 0 Å². The third kappa shape index (κ3) is 2.95. The molecule has 1 unspecified atom stereocenters. The largest absolute Gasteiger partial charge is 0.381 e. The van der Waals surface area contributed by atoms with E-state index in [4.69, 9.17) is 0 Å². The molecule has 0 radical (unpaired) electrons. The third-order valence-corrected chi connectivity index (χ3v) is 3.35. The van der Waals surface area contributed by atoms with Crippen LogP contribution in [0.1, 0.15) is 18.4 Å². The molecule has 0 saturated carbocycles. The lowest BCUT2D eigenvalue weighted by Crippen LogP contribution is -2.38. The summed E-state index contributed by atoms with van der Waals surface area (Å²) in [6.07, 6.45) is 2.53. The molecule has 15 heavy (non-hydrogen) atoms. The fourth-order valence-electron chi connectivity index (χ4n) is 1.94. The Labute approximate surface area is 99.6 Å². The summed E-state index contributed by atoms with van der Waals surface area (Å²) >= 11 is 3.51. The van der Waals surface area contributed by atoms with Gasteiger partial charge in [-0.2, -0.15) is 0 Å². The smallest absolute Gasteiger partial charge is 0.0386 e. The first-order valence-electron chi connectivity index (χ1n) is 5.49. The first kappa shape index (κ1) is 11.0. The summed E-state index contributed by atoms with van der Waals surface area (Å²) < 4.78 is 1.14. The average Bonchev–Trinajstić information content (AvgIpc) is 2.25. The van der Waals surface area contributed by atoms with Crippen LogP contribution < -0.4 is 10.6 Å². The van der Waals surface area contributed by atoms with Crippen molar-refractivity contribution in [2.45, 2.75) is 25.8 Å². The van der Waals surface area contributed by atoms with E-state index in [-0.39, 0.29) is 0 Å². The Kier molecular flexibility index (Phi) is 3.65. The number of nitrogens with one attached hydrogen (secondary N) is 2. The Morgan fingerprint density at radius 3 is 3.07 bits per heavy atom. The average molecular weight is 269 g/mol. The van der Waals surface area contributed by atoms with Crippen molar-refractivity contribution < 1.29 is 0 Å². The maximum Gasteiger partial charge on any atom is 0.0386 e. The van der Waals surface area contributed by atoms with Crippen LogP contribution in [0.4, 0.5) is 5.69 Å². The van der Waals surface area contributed by atoms with Crippen molar-refractivity contribution in [1.82, 2.24) is 5.32 Å². The highest BCUT2D eigenvalue weighted by atomic mass is 79.9. The minimum Gasteiger partial charge on any atom is -0.381 e. The van der Waals surface area contributed by atoms with Crippen molar-refractivity contribution in [2.24, 2.45) is 0 Å². The van der Waals surface area contributed by atoms with E-state index in [9.17, 15) is 0 Å². The minimum absolute atomic E-state index is 0.576. The minimum atomic E-state index is 0.576. The fourth-order valence-corrected chi connectivity index (χ4v) is 2.31.